The highest BCUT2D eigenvalue weighted by molar-refractivity contribution is 7.89. The van der Waals surface area contributed by atoms with Crippen molar-refractivity contribution in [1.82, 2.24) is 14.2 Å². The van der Waals surface area contributed by atoms with E-state index in [1.54, 1.807) is 23.1 Å². The number of anilines is 1. The summed E-state index contributed by atoms with van der Waals surface area (Å²) < 4.78 is 46.7. The number of fused-ring (bicyclic) bond motifs is 1. The third kappa shape index (κ3) is 4.42. The molecule has 3 aromatic rings. The molecule has 2 saturated heterocycles. The van der Waals surface area contributed by atoms with E-state index in [1.165, 1.54) is 34.8 Å². The summed E-state index contributed by atoms with van der Waals surface area (Å²) in [6.45, 7) is 2.64. The molecule has 1 aromatic heterocycles. The molecule has 0 bridgehead atoms. The molecule has 5 rings (SSSR count). The number of amides is 1. The normalized spacial score (nSPS) is 17.6. The Balaban J connectivity index is 1.39. The quantitative estimate of drug-likeness (QED) is 0.585. The number of carbonyl (C=O) groups is 1. The van der Waals surface area contributed by atoms with Gasteiger partial charge in [0.1, 0.15) is 11.4 Å². The summed E-state index contributed by atoms with van der Waals surface area (Å²) >= 11 is 0. The van der Waals surface area contributed by atoms with Crippen LogP contribution < -0.4 is 10.3 Å². The minimum Gasteiger partial charge on any atom is -0.379 e. The van der Waals surface area contributed by atoms with E-state index in [0.29, 0.717) is 50.6 Å². The minimum absolute atomic E-state index is 0.000464. The van der Waals surface area contributed by atoms with Gasteiger partial charge in [0.25, 0.3) is 5.91 Å². The first-order valence-electron chi connectivity index (χ1n) is 11.4. The van der Waals surface area contributed by atoms with Crippen LogP contribution >= 0.6 is 0 Å². The Hall–Kier alpha value is -3.28. The molecule has 0 spiro atoms. The largest absolute Gasteiger partial charge is 0.379 e. The number of sulfonamides is 1. The molecule has 1 N–H and O–H groups in total. The van der Waals surface area contributed by atoms with Gasteiger partial charge < -0.3 is 19.5 Å². The lowest BCUT2D eigenvalue weighted by Crippen LogP contribution is -2.49. The van der Waals surface area contributed by atoms with Crippen LogP contribution in [0.1, 0.15) is 10.4 Å². The van der Waals surface area contributed by atoms with Crippen molar-refractivity contribution in [2.75, 3.05) is 57.4 Å². The van der Waals surface area contributed by atoms with Crippen molar-refractivity contribution in [3.63, 3.8) is 0 Å². The topological polar surface area (TPSA) is 103 Å². The van der Waals surface area contributed by atoms with Crippen molar-refractivity contribution in [2.45, 2.75) is 4.90 Å². The summed E-state index contributed by atoms with van der Waals surface area (Å²) in [5.41, 5.74) is 0.339. The van der Waals surface area contributed by atoms with E-state index in [9.17, 15) is 22.4 Å². The van der Waals surface area contributed by atoms with Gasteiger partial charge >= 0.3 is 0 Å². The summed E-state index contributed by atoms with van der Waals surface area (Å²) in [5.74, 6) is -0.760. The molecular weight excluding hydrogens is 475 g/mol. The highest BCUT2D eigenvalue weighted by Gasteiger charge is 2.28. The van der Waals surface area contributed by atoms with Gasteiger partial charge in [0.15, 0.2) is 0 Å². The average molecular weight is 501 g/mol. The number of H-pyrrole nitrogens is 1. The lowest BCUT2D eigenvalue weighted by Gasteiger charge is -2.36. The summed E-state index contributed by atoms with van der Waals surface area (Å²) in [5, 5.41) is 0.134. The Labute approximate surface area is 201 Å². The first kappa shape index (κ1) is 23.5. The number of rotatable bonds is 4. The Kier molecular flexibility index (Phi) is 6.30. The van der Waals surface area contributed by atoms with Crippen LogP contribution in [0.3, 0.4) is 0 Å². The lowest BCUT2D eigenvalue weighted by molar-refractivity contribution is 0.0730. The summed E-state index contributed by atoms with van der Waals surface area (Å²) in [4.78, 5) is 32.8. The van der Waals surface area contributed by atoms with Crippen LogP contribution in [0.4, 0.5) is 10.1 Å². The van der Waals surface area contributed by atoms with Crippen molar-refractivity contribution in [1.29, 1.82) is 0 Å². The number of ether oxygens (including phenoxy) is 1. The molecule has 0 atom stereocenters. The number of morpholine rings is 1. The van der Waals surface area contributed by atoms with Crippen LogP contribution in [-0.2, 0) is 14.8 Å². The van der Waals surface area contributed by atoms with Crippen LogP contribution in [-0.4, -0.2) is 81.0 Å². The molecule has 3 heterocycles. The van der Waals surface area contributed by atoms with Crippen LogP contribution in [0.15, 0.2) is 58.4 Å². The number of hydrogen-bond donors (Lipinski definition) is 1. The predicted molar refractivity (Wildman–Crippen MR) is 129 cm³/mol. The van der Waals surface area contributed by atoms with E-state index in [1.807, 2.05) is 4.90 Å². The molecule has 2 fully saturated rings. The lowest BCUT2D eigenvalue weighted by atomic mass is 10.1. The first-order chi connectivity index (χ1) is 16.9. The van der Waals surface area contributed by atoms with Gasteiger partial charge in [0.05, 0.1) is 23.8 Å². The maximum absolute atomic E-state index is 14.1. The molecule has 35 heavy (non-hydrogen) atoms. The molecule has 2 aliphatic heterocycles. The van der Waals surface area contributed by atoms with Crippen LogP contribution in [0.2, 0.25) is 0 Å². The second-order valence-electron chi connectivity index (χ2n) is 8.49. The summed E-state index contributed by atoms with van der Waals surface area (Å²) in [6.07, 6.45) is 1.37. The van der Waals surface area contributed by atoms with Gasteiger partial charge in [0.2, 0.25) is 15.5 Å². The summed E-state index contributed by atoms with van der Waals surface area (Å²) in [7, 11) is -3.79. The molecule has 0 unspecified atom stereocenters. The number of aromatic amines is 1. The van der Waals surface area contributed by atoms with E-state index in [4.69, 9.17) is 4.74 Å². The van der Waals surface area contributed by atoms with Crippen molar-refractivity contribution in [3.8, 4) is 0 Å². The molecule has 2 aliphatic rings. The number of piperazine rings is 1. The number of hydrogen-bond acceptors (Lipinski definition) is 6. The number of carbonyl (C=O) groups excluding carboxylic acids is 1. The Morgan fingerprint density at radius 1 is 0.971 bits per heavy atom. The highest BCUT2D eigenvalue weighted by atomic mass is 32.2. The number of benzene rings is 2. The second-order valence-corrected chi connectivity index (χ2v) is 10.4. The predicted octanol–water partition coefficient (Wildman–Crippen LogP) is 1.65. The Morgan fingerprint density at radius 2 is 1.69 bits per heavy atom. The van der Waals surface area contributed by atoms with Crippen molar-refractivity contribution in [3.05, 3.63) is 70.3 Å². The van der Waals surface area contributed by atoms with Gasteiger partial charge in [-0.3, -0.25) is 9.59 Å². The molecule has 184 valence electrons. The van der Waals surface area contributed by atoms with E-state index in [0.717, 1.165) is 0 Å². The fraction of sp³-hybridized carbons (Fsp3) is 0.333. The van der Waals surface area contributed by atoms with E-state index >= 15 is 0 Å². The molecular formula is C24H25FN4O5S. The van der Waals surface area contributed by atoms with Crippen molar-refractivity contribution < 1.29 is 22.3 Å². The molecule has 0 saturated carbocycles. The zero-order chi connectivity index (χ0) is 24.6. The first-order valence-corrected chi connectivity index (χ1v) is 12.8. The standard InChI is InChI=1S/C24H25FN4O5S/c25-20-3-1-2-4-22(20)27-7-9-28(10-8-27)24(31)19-16-26-21-6-5-17(15-18(21)23(19)30)35(32,33)29-11-13-34-14-12-29/h1-6,15-16H,7-14H2,(H,26,30). The van der Waals surface area contributed by atoms with Crippen LogP contribution in [0.5, 0.6) is 0 Å². The molecule has 2 aromatic carbocycles. The number of halogens is 1. The van der Waals surface area contributed by atoms with Crippen LogP contribution in [0.25, 0.3) is 10.9 Å². The molecule has 9 nitrogen and oxygen atoms in total. The number of pyridine rings is 1. The van der Waals surface area contributed by atoms with Crippen LogP contribution in [0, 0.1) is 5.82 Å². The zero-order valence-corrected chi connectivity index (χ0v) is 19.8. The third-order valence-electron chi connectivity index (χ3n) is 6.45. The van der Waals surface area contributed by atoms with Gasteiger partial charge in [-0.2, -0.15) is 4.31 Å². The fourth-order valence-corrected chi connectivity index (χ4v) is 5.92. The molecule has 1 amide bonds. The van der Waals surface area contributed by atoms with Gasteiger partial charge in [-0.1, -0.05) is 12.1 Å². The monoisotopic (exact) mass is 500 g/mol. The smallest absolute Gasteiger partial charge is 0.259 e. The average Bonchev–Trinajstić information content (AvgIpc) is 2.89. The van der Waals surface area contributed by atoms with Gasteiger partial charge in [0, 0.05) is 56.4 Å². The third-order valence-corrected chi connectivity index (χ3v) is 8.35. The second kappa shape index (κ2) is 9.40. The SMILES string of the molecule is O=C(c1c[nH]c2ccc(S(=O)(=O)N3CCOCC3)cc2c1=O)N1CCN(c2ccccc2F)CC1. The van der Waals surface area contributed by atoms with Gasteiger partial charge in [-0.05, 0) is 30.3 Å². The van der Waals surface area contributed by atoms with Gasteiger partial charge in [-0.25, -0.2) is 12.8 Å². The van der Waals surface area contributed by atoms with Crippen molar-refractivity contribution in [2.24, 2.45) is 0 Å². The maximum atomic E-state index is 14.1. The Morgan fingerprint density at radius 3 is 2.40 bits per heavy atom. The number of aromatic nitrogens is 1. The molecule has 11 heteroatoms. The maximum Gasteiger partial charge on any atom is 0.259 e. The molecule has 0 aliphatic carbocycles. The van der Waals surface area contributed by atoms with Gasteiger partial charge in [-0.15, -0.1) is 0 Å². The number of para-hydroxylation sites is 1. The van der Waals surface area contributed by atoms with E-state index in [-0.39, 0.29) is 34.8 Å². The summed E-state index contributed by atoms with van der Waals surface area (Å²) in [6, 6.07) is 10.8. The fourth-order valence-electron chi connectivity index (χ4n) is 4.48. The highest BCUT2D eigenvalue weighted by Crippen LogP contribution is 2.22. The van der Waals surface area contributed by atoms with E-state index < -0.39 is 21.4 Å². The number of nitrogens with one attached hydrogen (secondary N) is 1. The minimum atomic E-state index is -3.79. The number of nitrogens with zero attached hydrogens (tertiary/aromatic N) is 3. The molecule has 0 radical (unpaired) electrons. The zero-order valence-electron chi connectivity index (χ0n) is 18.9. The van der Waals surface area contributed by atoms with Crippen molar-refractivity contribution >= 4 is 32.5 Å². The Bertz CT molecular complexity index is 1430. The van der Waals surface area contributed by atoms with E-state index in [2.05, 4.69) is 4.98 Å².